The Kier molecular flexibility index (Phi) is 7.14. The molecule has 1 rings (SSSR count). The van der Waals surface area contributed by atoms with Crippen molar-refractivity contribution in [2.24, 2.45) is 5.92 Å². The van der Waals surface area contributed by atoms with Crippen molar-refractivity contribution >= 4 is 10.0 Å². The molecule has 0 aromatic heterocycles. The Balaban J connectivity index is 2.70. The molecule has 0 spiro atoms. The van der Waals surface area contributed by atoms with Gasteiger partial charge in [0.15, 0.2) is 0 Å². The van der Waals surface area contributed by atoms with E-state index in [4.69, 9.17) is 4.74 Å². The van der Waals surface area contributed by atoms with Crippen LogP contribution >= 0.6 is 0 Å². The van der Waals surface area contributed by atoms with Gasteiger partial charge >= 0.3 is 0 Å². The predicted molar refractivity (Wildman–Crippen MR) is 85.1 cm³/mol. The van der Waals surface area contributed by atoms with Gasteiger partial charge in [0, 0.05) is 20.1 Å². The van der Waals surface area contributed by atoms with E-state index in [0.29, 0.717) is 29.7 Å². The first kappa shape index (κ1) is 17.9. The second-order valence-corrected chi connectivity index (χ2v) is 7.48. The molecule has 120 valence electrons. The lowest BCUT2D eigenvalue weighted by atomic mass is 10.1. The fourth-order valence-corrected chi connectivity index (χ4v) is 2.90. The smallest absolute Gasteiger partial charge is 0.242 e. The summed E-state index contributed by atoms with van der Waals surface area (Å²) in [7, 11) is 0.0621. The van der Waals surface area contributed by atoms with E-state index in [1.807, 2.05) is 7.05 Å². The maximum absolute atomic E-state index is 12.4. The van der Waals surface area contributed by atoms with Crippen LogP contribution in [-0.2, 0) is 10.0 Å². The highest BCUT2D eigenvalue weighted by Crippen LogP contribution is 2.19. The van der Waals surface area contributed by atoms with Crippen LogP contribution in [0, 0.1) is 5.92 Å². The largest absolute Gasteiger partial charge is 0.492 e. The van der Waals surface area contributed by atoms with Gasteiger partial charge in [0.1, 0.15) is 12.4 Å². The summed E-state index contributed by atoms with van der Waals surface area (Å²) in [5.41, 5.74) is 0. The van der Waals surface area contributed by atoms with E-state index < -0.39 is 10.0 Å². The second kappa shape index (κ2) is 8.36. The van der Waals surface area contributed by atoms with Gasteiger partial charge in [0.05, 0.1) is 4.90 Å². The average Bonchev–Trinajstić information content (AvgIpc) is 2.45. The number of benzene rings is 1. The minimum absolute atomic E-state index is 0.301. The molecule has 0 saturated heterocycles. The number of nitrogens with zero attached hydrogens (tertiary/aromatic N) is 1. The molecular formula is C15H26N2O3S. The highest BCUT2D eigenvalue weighted by Gasteiger charge is 2.20. The maximum atomic E-state index is 12.4. The minimum Gasteiger partial charge on any atom is -0.492 e. The fourth-order valence-electron chi connectivity index (χ4n) is 1.72. The summed E-state index contributed by atoms with van der Waals surface area (Å²) >= 11 is 0. The first-order valence-electron chi connectivity index (χ1n) is 7.21. The molecular weight excluding hydrogens is 288 g/mol. The lowest BCUT2D eigenvalue weighted by molar-refractivity contribution is 0.318. The SMILES string of the molecule is CNCCOc1ccc(S(=O)(=O)N(C)CCC(C)C)cc1. The molecule has 0 unspecified atom stereocenters. The van der Waals surface area contributed by atoms with E-state index in [0.717, 1.165) is 13.0 Å². The van der Waals surface area contributed by atoms with E-state index in [1.54, 1.807) is 31.3 Å². The van der Waals surface area contributed by atoms with Crippen LogP contribution in [0.2, 0.25) is 0 Å². The first-order valence-corrected chi connectivity index (χ1v) is 8.65. The maximum Gasteiger partial charge on any atom is 0.242 e. The standard InChI is InChI=1S/C15H26N2O3S/c1-13(2)9-11-17(4)21(18,19)15-7-5-14(6-8-15)20-12-10-16-3/h5-8,13,16H,9-12H2,1-4H3. The summed E-state index contributed by atoms with van der Waals surface area (Å²) < 4.78 is 31.7. The van der Waals surface area contributed by atoms with Crippen LogP contribution < -0.4 is 10.1 Å². The molecule has 5 nitrogen and oxygen atoms in total. The molecule has 0 radical (unpaired) electrons. The van der Waals surface area contributed by atoms with Gasteiger partial charge < -0.3 is 10.1 Å². The second-order valence-electron chi connectivity index (χ2n) is 5.43. The number of sulfonamides is 1. The van der Waals surface area contributed by atoms with Crippen LogP contribution in [0.15, 0.2) is 29.2 Å². The summed E-state index contributed by atoms with van der Waals surface area (Å²) in [6, 6.07) is 6.57. The molecule has 1 N–H and O–H groups in total. The Labute approximate surface area is 128 Å². The van der Waals surface area contributed by atoms with Gasteiger partial charge in [-0.3, -0.25) is 0 Å². The van der Waals surface area contributed by atoms with E-state index in [2.05, 4.69) is 19.2 Å². The van der Waals surface area contributed by atoms with Crippen LogP contribution in [0.1, 0.15) is 20.3 Å². The van der Waals surface area contributed by atoms with Crippen molar-refractivity contribution in [3.05, 3.63) is 24.3 Å². The molecule has 0 bridgehead atoms. The third kappa shape index (κ3) is 5.65. The Morgan fingerprint density at radius 3 is 2.38 bits per heavy atom. The zero-order valence-corrected chi connectivity index (χ0v) is 14.1. The first-order chi connectivity index (χ1) is 9.87. The van der Waals surface area contributed by atoms with Crippen LogP contribution in [-0.4, -0.2) is 46.5 Å². The quantitative estimate of drug-likeness (QED) is 0.708. The third-order valence-corrected chi connectivity index (χ3v) is 5.05. The summed E-state index contributed by atoms with van der Waals surface area (Å²) in [5.74, 6) is 1.15. The van der Waals surface area contributed by atoms with Crippen molar-refractivity contribution in [2.45, 2.75) is 25.2 Å². The number of rotatable bonds is 9. The van der Waals surface area contributed by atoms with Crippen LogP contribution in [0.3, 0.4) is 0 Å². The van der Waals surface area contributed by atoms with Crippen LogP contribution in [0.5, 0.6) is 5.75 Å². The molecule has 0 amide bonds. The molecule has 0 aliphatic heterocycles. The molecule has 0 heterocycles. The van der Waals surface area contributed by atoms with Gasteiger partial charge in [-0.2, -0.15) is 0 Å². The van der Waals surface area contributed by atoms with Gasteiger partial charge in [-0.15, -0.1) is 0 Å². The Morgan fingerprint density at radius 2 is 1.86 bits per heavy atom. The number of nitrogens with one attached hydrogen (secondary N) is 1. The van der Waals surface area contributed by atoms with Gasteiger partial charge in [0.25, 0.3) is 0 Å². The molecule has 0 atom stereocenters. The van der Waals surface area contributed by atoms with Crippen molar-refractivity contribution in [2.75, 3.05) is 33.8 Å². The van der Waals surface area contributed by atoms with Crippen LogP contribution in [0.4, 0.5) is 0 Å². The van der Waals surface area contributed by atoms with Crippen molar-refractivity contribution in [3.8, 4) is 5.75 Å². The van der Waals surface area contributed by atoms with Gasteiger partial charge in [-0.05, 0) is 43.7 Å². The average molecular weight is 314 g/mol. The summed E-state index contributed by atoms with van der Waals surface area (Å²) in [5, 5.41) is 2.98. The van der Waals surface area contributed by atoms with E-state index in [9.17, 15) is 8.42 Å². The number of hydrogen-bond donors (Lipinski definition) is 1. The van der Waals surface area contributed by atoms with Crippen molar-refractivity contribution < 1.29 is 13.2 Å². The number of ether oxygens (including phenoxy) is 1. The van der Waals surface area contributed by atoms with E-state index in [-0.39, 0.29) is 0 Å². The topological polar surface area (TPSA) is 58.6 Å². The third-order valence-electron chi connectivity index (χ3n) is 3.17. The van der Waals surface area contributed by atoms with Crippen molar-refractivity contribution in [1.29, 1.82) is 0 Å². The highest BCUT2D eigenvalue weighted by molar-refractivity contribution is 7.89. The Bertz CT molecular complexity index is 512. The van der Waals surface area contributed by atoms with Crippen LogP contribution in [0.25, 0.3) is 0 Å². The molecule has 0 saturated carbocycles. The molecule has 6 heteroatoms. The molecule has 0 aliphatic carbocycles. The predicted octanol–water partition coefficient (Wildman–Crippen LogP) is 1.95. The summed E-state index contributed by atoms with van der Waals surface area (Å²) in [4.78, 5) is 0.301. The number of hydrogen-bond acceptors (Lipinski definition) is 4. The number of likely N-dealkylation sites (N-methyl/N-ethyl adjacent to an activating group) is 1. The minimum atomic E-state index is -3.41. The van der Waals surface area contributed by atoms with Crippen molar-refractivity contribution in [1.82, 2.24) is 9.62 Å². The summed E-state index contributed by atoms with van der Waals surface area (Å²) in [6.45, 7) is 5.99. The zero-order valence-electron chi connectivity index (χ0n) is 13.3. The monoisotopic (exact) mass is 314 g/mol. The summed E-state index contributed by atoms with van der Waals surface area (Å²) in [6.07, 6.45) is 0.848. The van der Waals surface area contributed by atoms with E-state index in [1.165, 1.54) is 4.31 Å². The molecule has 0 aliphatic rings. The molecule has 21 heavy (non-hydrogen) atoms. The zero-order chi connectivity index (χ0) is 15.9. The Hall–Kier alpha value is -1.11. The lowest BCUT2D eigenvalue weighted by Gasteiger charge is -2.18. The van der Waals surface area contributed by atoms with Gasteiger partial charge in [-0.25, -0.2) is 12.7 Å². The van der Waals surface area contributed by atoms with Gasteiger partial charge in [-0.1, -0.05) is 13.8 Å². The van der Waals surface area contributed by atoms with E-state index >= 15 is 0 Å². The lowest BCUT2D eigenvalue weighted by Crippen LogP contribution is -2.28. The molecule has 1 aromatic carbocycles. The normalized spacial score (nSPS) is 12.1. The van der Waals surface area contributed by atoms with Crippen molar-refractivity contribution in [3.63, 3.8) is 0 Å². The Morgan fingerprint density at radius 1 is 1.24 bits per heavy atom. The molecule has 1 aromatic rings. The highest BCUT2D eigenvalue weighted by atomic mass is 32.2. The molecule has 0 fully saturated rings. The fraction of sp³-hybridized carbons (Fsp3) is 0.600. The van der Waals surface area contributed by atoms with Gasteiger partial charge in [0.2, 0.25) is 10.0 Å².